The fourth-order valence-electron chi connectivity index (χ4n) is 1.94. The molecule has 0 fully saturated rings. The van der Waals surface area contributed by atoms with E-state index < -0.39 is 23.9 Å². The van der Waals surface area contributed by atoms with Crippen LogP contribution in [0.2, 0.25) is 0 Å². The third-order valence-corrected chi connectivity index (χ3v) is 3.16. The van der Waals surface area contributed by atoms with Crippen LogP contribution in [-0.2, 0) is 19.2 Å². The molecule has 0 saturated heterocycles. The van der Waals surface area contributed by atoms with Gasteiger partial charge in [0.05, 0.1) is 0 Å². The van der Waals surface area contributed by atoms with E-state index in [9.17, 15) is 19.2 Å². The van der Waals surface area contributed by atoms with Gasteiger partial charge in [0.1, 0.15) is 0 Å². The van der Waals surface area contributed by atoms with Crippen LogP contribution in [0.15, 0.2) is 18.2 Å². The lowest BCUT2D eigenvalue weighted by molar-refractivity contribution is -0.140. The second-order valence-electron chi connectivity index (χ2n) is 5.34. The van der Waals surface area contributed by atoms with E-state index in [4.69, 9.17) is 19.7 Å². The number of rotatable bonds is 10. The monoisotopic (exact) mass is 352 g/mol. The summed E-state index contributed by atoms with van der Waals surface area (Å²) in [4.78, 5) is 44.5. The summed E-state index contributed by atoms with van der Waals surface area (Å²) in [5.41, 5.74) is 0.572. The normalized spacial score (nSPS) is 10.1. The molecule has 0 aromatic heterocycles. The highest BCUT2D eigenvalue weighted by molar-refractivity contribution is 5.77. The number of carbonyl (C=O) groups excluding carboxylic acids is 2. The number of aliphatic carboxylic acids is 2. The molecule has 0 saturated carbocycles. The predicted molar refractivity (Wildman–Crippen MR) is 85.4 cm³/mol. The van der Waals surface area contributed by atoms with E-state index in [-0.39, 0.29) is 50.0 Å². The van der Waals surface area contributed by atoms with Gasteiger partial charge in [0.25, 0.3) is 0 Å². The number of carbonyl (C=O) groups is 4. The van der Waals surface area contributed by atoms with Gasteiger partial charge in [0, 0.05) is 25.7 Å². The first-order valence-electron chi connectivity index (χ1n) is 7.74. The van der Waals surface area contributed by atoms with Crippen molar-refractivity contribution in [1.82, 2.24) is 0 Å². The van der Waals surface area contributed by atoms with Gasteiger partial charge in [0.15, 0.2) is 11.5 Å². The summed E-state index contributed by atoms with van der Waals surface area (Å²) in [6.07, 6.45) is -0.157. The van der Waals surface area contributed by atoms with E-state index in [1.807, 2.05) is 0 Å². The van der Waals surface area contributed by atoms with Crippen LogP contribution in [0.3, 0.4) is 0 Å². The van der Waals surface area contributed by atoms with Gasteiger partial charge < -0.3 is 19.7 Å². The van der Waals surface area contributed by atoms with Crippen molar-refractivity contribution in [3.05, 3.63) is 23.8 Å². The van der Waals surface area contributed by atoms with Crippen molar-refractivity contribution < 1.29 is 38.9 Å². The van der Waals surface area contributed by atoms with Crippen molar-refractivity contribution in [3.8, 4) is 11.5 Å². The Bertz CT molecular complexity index is 650. The summed E-state index contributed by atoms with van der Waals surface area (Å²) in [6.45, 7) is 1.67. The third kappa shape index (κ3) is 7.96. The van der Waals surface area contributed by atoms with E-state index in [0.29, 0.717) is 5.56 Å². The minimum atomic E-state index is -1.00. The molecule has 0 aliphatic carbocycles. The average molecular weight is 352 g/mol. The molecule has 0 heterocycles. The van der Waals surface area contributed by atoms with Crippen LogP contribution in [0.1, 0.15) is 44.1 Å². The minimum absolute atomic E-state index is 0.0620. The average Bonchev–Trinajstić information content (AvgIpc) is 2.50. The van der Waals surface area contributed by atoms with Crippen LogP contribution in [-0.4, -0.2) is 34.1 Å². The molecule has 1 aromatic rings. The summed E-state index contributed by atoms with van der Waals surface area (Å²) in [5, 5.41) is 17.1. The first-order valence-corrected chi connectivity index (χ1v) is 7.74. The van der Waals surface area contributed by atoms with Crippen molar-refractivity contribution in [3.63, 3.8) is 0 Å². The highest BCUT2D eigenvalue weighted by atomic mass is 16.6. The highest BCUT2D eigenvalue weighted by Gasteiger charge is 2.16. The van der Waals surface area contributed by atoms with Crippen molar-refractivity contribution in [2.75, 3.05) is 0 Å². The molecule has 2 N–H and O–H groups in total. The van der Waals surface area contributed by atoms with Crippen LogP contribution in [0.5, 0.6) is 11.5 Å². The maximum Gasteiger partial charge on any atom is 0.311 e. The largest absolute Gasteiger partial charge is 0.481 e. The number of hydrogen-bond acceptors (Lipinski definition) is 6. The Kier molecular flexibility index (Phi) is 8.11. The fourth-order valence-corrected chi connectivity index (χ4v) is 1.94. The van der Waals surface area contributed by atoms with Crippen LogP contribution in [0, 0.1) is 6.92 Å². The molecular formula is C17H20O8. The quantitative estimate of drug-likeness (QED) is 0.485. The zero-order valence-corrected chi connectivity index (χ0v) is 13.8. The molecule has 0 aliphatic heterocycles. The number of benzene rings is 1. The molecule has 0 aliphatic rings. The Labute approximate surface area is 144 Å². The van der Waals surface area contributed by atoms with Crippen LogP contribution in [0.4, 0.5) is 0 Å². The molecule has 136 valence electrons. The highest BCUT2D eigenvalue weighted by Crippen LogP contribution is 2.31. The molecule has 0 bridgehead atoms. The first-order chi connectivity index (χ1) is 11.8. The molecule has 1 rings (SSSR count). The third-order valence-electron chi connectivity index (χ3n) is 3.16. The van der Waals surface area contributed by atoms with Gasteiger partial charge in [-0.1, -0.05) is 12.1 Å². The summed E-state index contributed by atoms with van der Waals surface area (Å²) in [7, 11) is 0. The number of carboxylic acids is 2. The molecule has 8 nitrogen and oxygen atoms in total. The smallest absolute Gasteiger partial charge is 0.311 e. The standard InChI is InChI=1S/C17H20O8/c1-11-5-2-6-12(24-15(22)9-3-7-13(18)19)17(11)25-16(23)10-4-8-14(20)21/h2,5-6H,3-4,7-10H2,1H3,(H,18,19)(H,20,21). The van der Waals surface area contributed by atoms with Crippen molar-refractivity contribution in [1.29, 1.82) is 0 Å². The Balaban J connectivity index is 2.67. The number of para-hydroxylation sites is 1. The number of esters is 2. The van der Waals surface area contributed by atoms with Crippen molar-refractivity contribution in [2.24, 2.45) is 0 Å². The molecule has 8 heteroatoms. The number of carboxylic acid groups (broad SMARTS) is 2. The van der Waals surface area contributed by atoms with E-state index in [1.165, 1.54) is 6.07 Å². The second-order valence-corrected chi connectivity index (χ2v) is 5.34. The maximum absolute atomic E-state index is 11.8. The van der Waals surface area contributed by atoms with Crippen LogP contribution < -0.4 is 9.47 Å². The number of aryl methyl sites for hydroxylation is 1. The molecule has 0 radical (unpaired) electrons. The molecule has 25 heavy (non-hydrogen) atoms. The maximum atomic E-state index is 11.8. The second kappa shape index (κ2) is 10.1. The lowest BCUT2D eigenvalue weighted by Gasteiger charge is -2.12. The van der Waals surface area contributed by atoms with Gasteiger partial charge in [-0.3, -0.25) is 19.2 Å². The summed E-state index contributed by atoms with van der Waals surface area (Å²) in [5.74, 6) is -3.10. The van der Waals surface area contributed by atoms with E-state index in [1.54, 1.807) is 19.1 Å². The van der Waals surface area contributed by atoms with E-state index >= 15 is 0 Å². The molecule has 0 unspecified atom stereocenters. The van der Waals surface area contributed by atoms with E-state index in [0.717, 1.165) is 0 Å². The van der Waals surface area contributed by atoms with Gasteiger partial charge in [-0.25, -0.2) is 0 Å². The lowest BCUT2D eigenvalue weighted by atomic mass is 10.2. The number of hydrogen-bond donors (Lipinski definition) is 2. The van der Waals surface area contributed by atoms with Gasteiger partial charge in [-0.2, -0.15) is 0 Å². The lowest BCUT2D eigenvalue weighted by Crippen LogP contribution is -2.13. The van der Waals surface area contributed by atoms with Gasteiger partial charge in [0.2, 0.25) is 0 Å². The minimum Gasteiger partial charge on any atom is -0.481 e. The molecular weight excluding hydrogens is 332 g/mol. The first kappa shape index (κ1) is 20.1. The molecule has 0 amide bonds. The topological polar surface area (TPSA) is 127 Å². The Morgan fingerprint density at radius 1 is 0.840 bits per heavy atom. The predicted octanol–water partition coefficient (Wildman–Crippen LogP) is 2.32. The zero-order chi connectivity index (χ0) is 18.8. The molecule has 1 aromatic carbocycles. The van der Waals surface area contributed by atoms with Crippen LogP contribution >= 0.6 is 0 Å². The fraction of sp³-hybridized carbons (Fsp3) is 0.412. The van der Waals surface area contributed by atoms with E-state index in [2.05, 4.69) is 0 Å². The number of ether oxygens (including phenoxy) is 2. The summed E-state index contributed by atoms with van der Waals surface area (Å²) in [6, 6.07) is 4.75. The molecule has 0 atom stereocenters. The Hall–Kier alpha value is -2.90. The molecule has 0 spiro atoms. The zero-order valence-electron chi connectivity index (χ0n) is 13.8. The Morgan fingerprint density at radius 3 is 1.88 bits per heavy atom. The Morgan fingerprint density at radius 2 is 1.36 bits per heavy atom. The van der Waals surface area contributed by atoms with Crippen molar-refractivity contribution in [2.45, 2.75) is 45.4 Å². The summed E-state index contributed by atoms with van der Waals surface area (Å²) < 4.78 is 10.3. The SMILES string of the molecule is Cc1cccc(OC(=O)CCCC(=O)O)c1OC(=O)CCCC(=O)O. The van der Waals surface area contributed by atoms with Gasteiger partial charge >= 0.3 is 23.9 Å². The van der Waals surface area contributed by atoms with Crippen LogP contribution in [0.25, 0.3) is 0 Å². The van der Waals surface area contributed by atoms with Crippen molar-refractivity contribution >= 4 is 23.9 Å². The summed E-state index contributed by atoms with van der Waals surface area (Å²) >= 11 is 0. The van der Waals surface area contributed by atoms with Gasteiger partial charge in [-0.15, -0.1) is 0 Å². The van der Waals surface area contributed by atoms with Gasteiger partial charge in [-0.05, 0) is 31.4 Å².